The molecule has 0 saturated carbocycles. The van der Waals surface area contributed by atoms with Crippen molar-refractivity contribution in [3.8, 4) is 5.75 Å². The van der Waals surface area contributed by atoms with Gasteiger partial charge in [-0.3, -0.25) is 14.4 Å². The number of amides is 1. The standard InChI is InChI=1S/C39H36N2O4/c1-4-9-25-14-16-27(17-15-25)35(42)33-34(36(43)28-18-20-29(21-19-28)45-24(2)3)41-23-22-26-10-5-6-11-30(26)37(41)39(33)31-12-7-8-13-32(31)40-38(39)44/h5-8,10-24,33-34,37H,4,9H2,1-3H3,(H,40,44)/t33-,34+,37+,39-/m0/s1. The minimum absolute atomic E-state index is 0.00720. The van der Waals surface area contributed by atoms with Crippen LogP contribution in [0.25, 0.3) is 6.08 Å². The van der Waals surface area contributed by atoms with Gasteiger partial charge < -0.3 is 15.0 Å². The molecule has 0 unspecified atom stereocenters. The molecule has 7 rings (SSSR count). The summed E-state index contributed by atoms with van der Waals surface area (Å²) in [7, 11) is 0. The molecule has 45 heavy (non-hydrogen) atoms. The van der Waals surface area contributed by atoms with Gasteiger partial charge in [0.25, 0.3) is 0 Å². The fourth-order valence-corrected chi connectivity index (χ4v) is 7.61. The molecule has 1 spiro atoms. The second-order valence-electron chi connectivity index (χ2n) is 12.5. The molecule has 0 aromatic heterocycles. The molecule has 1 saturated heterocycles. The molecule has 0 radical (unpaired) electrons. The van der Waals surface area contributed by atoms with E-state index in [-0.39, 0.29) is 23.6 Å². The SMILES string of the molecule is CCCc1ccc(C(=O)[C@@H]2[C@H](C(=O)c3ccc(OC(C)C)cc3)N3C=Cc4ccccc4[C@@H]3[C@@]23C(=O)Nc2ccccc23)cc1. The van der Waals surface area contributed by atoms with E-state index >= 15 is 4.79 Å². The number of Topliss-reactive ketones (excluding diaryl/α,β-unsaturated/α-hetero) is 2. The van der Waals surface area contributed by atoms with Crippen LogP contribution in [0.3, 0.4) is 0 Å². The molecular weight excluding hydrogens is 560 g/mol. The number of ketones is 2. The highest BCUT2D eigenvalue weighted by atomic mass is 16.5. The average molecular weight is 597 g/mol. The van der Waals surface area contributed by atoms with Crippen LogP contribution in [0, 0.1) is 5.92 Å². The molecule has 0 bridgehead atoms. The Kier molecular flexibility index (Phi) is 7.16. The first-order valence-electron chi connectivity index (χ1n) is 15.7. The van der Waals surface area contributed by atoms with Crippen molar-refractivity contribution in [2.45, 2.75) is 57.2 Å². The van der Waals surface area contributed by atoms with Crippen LogP contribution in [0.15, 0.2) is 103 Å². The van der Waals surface area contributed by atoms with Gasteiger partial charge in [-0.15, -0.1) is 0 Å². The van der Waals surface area contributed by atoms with Gasteiger partial charge in [0.2, 0.25) is 5.91 Å². The predicted octanol–water partition coefficient (Wildman–Crippen LogP) is 7.41. The van der Waals surface area contributed by atoms with Crippen molar-refractivity contribution >= 4 is 29.2 Å². The van der Waals surface area contributed by atoms with Crippen molar-refractivity contribution in [2.75, 3.05) is 5.32 Å². The number of fused-ring (bicyclic) bond motifs is 6. The van der Waals surface area contributed by atoms with Gasteiger partial charge in [-0.25, -0.2) is 0 Å². The highest BCUT2D eigenvalue weighted by Crippen LogP contribution is 2.62. The Morgan fingerprint density at radius 2 is 1.53 bits per heavy atom. The van der Waals surface area contributed by atoms with Crippen molar-refractivity contribution in [2.24, 2.45) is 5.92 Å². The fourth-order valence-electron chi connectivity index (χ4n) is 7.61. The molecule has 4 aromatic rings. The molecule has 0 aliphatic carbocycles. The summed E-state index contributed by atoms with van der Waals surface area (Å²) in [5, 5.41) is 3.11. The molecule has 4 aromatic carbocycles. The van der Waals surface area contributed by atoms with Crippen LogP contribution in [-0.4, -0.2) is 34.5 Å². The number of nitrogens with one attached hydrogen (secondary N) is 1. The van der Waals surface area contributed by atoms with E-state index in [0.29, 0.717) is 22.6 Å². The first-order valence-corrected chi connectivity index (χ1v) is 15.7. The van der Waals surface area contributed by atoms with Crippen molar-refractivity contribution in [3.05, 3.63) is 137 Å². The zero-order valence-electron chi connectivity index (χ0n) is 25.7. The first kappa shape index (κ1) is 28.8. The molecule has 3 aliphatic rings. The van der Waals surface area contributed by atoms with Gasteiger partial charge in [0.1, 0.15) is 17.2 Å². The summed E-state index contributed by atoms with van der Waals surface area (Å²) < 4.78 is 5.83. The van der Waals surface area contributed by atoms with Gasteiger partial charge in [0, 0.05) is 23.0 Å². The quantitative estimate of drug-likeness (QED) is 0.215. The maximum absolute atomic E-state index is 15.0. The molecule has 4 atom stereocenters. The third kappa shape index (κ3) is 4.50. The number of carbonyl (C=O) groups excluding carboxylic acids is 3. The average Bonchev–Trinajstić information content (AvgIpc) is 3.53. The lowest BCUT2D eigenvalue weighted by Crippen LogP contribution is -2.49. The van der Waals surface area contributed by atoms with E-state index in [9.17, 15) is 9.59 Å². The molecule has 1 fully saturated rings. The Morgan fingerprint density at radius 1 is 0.867 bits per heavy atom. The zero-order chi connectivity index (χ0) is 31.3. The maximum atomic E-state index is 15.0. The molecule has 226 valence electrons. The lowest BCUT2D eigenvalue weighted by molar-refractivity contribution is -0.122. The van der Waals surface area contributed by atoms with Gasteiger partial charge in [0.05, 0.1) is 18.1 Å². The summed E-state index contributed by atoms with van der Waals surface area (Å²) >= 11 is 0. The maximum Gasteiger partial charge on any atom is 0.238 e. The van der Waals surface area contributed by atoms with Gasteiger partial charge in [0.15, 0.2) is 11.6 Å². The molecule has 3 aliphatic heterocycles. The third-order valence-electron chi connectivity index (χ3n) is 9.41. The molecule has 3 heterocycles. The lowest BCUT2D eigenvalue weighted by Gasteiger charge is -2.38. The topological polar surface area (TPSA) is 75.7 Å². The molecule has 6 nitrogen and oxygen atoms in total. The summed E-state index contributed by atoms with van der Waals surface area (Å²) in [5.74, 6) is -1.03. The Bertz CT molecular complexity index is 1820. The number of nitrogens with zero attached hydrogens (tertiary/aromatic N) is 1. The highest BCUT2D eigenvalue weighted by Gasteiger charge is 2.70. The smallest absolute Gasteiger partial charge is 0.238 e. The van der Waals surface area contributed by atoms with Crippen LogP contribution in [-0.2, 0) is 16.6 Å². The van der Waals surface area contributed by atoms with Crippen molar-refractivity contribution in [1.29, 1.82) is 0 Å². The number of rotatable bonds is 8. The second-order valence-corrected chi connectivity index (χ2v) is 12.5. The van der Waals surface area contributed by atoms with E-state index in [1.165, 1.54) is 0 Å². The van der Waals surface area contributed by atoms with Gasteiger partial charge in [-0.2, -0.15) is 0 Å². The van der Waals surface area contributed by atoms with Gasteiger partial charge in [-0.1, -0.05) is 80.1 Å². The normalized spacial score (nSPS) is 22.6. The van der Waals surface area contributed by atoms with Crippen LogP contribution in [0.1, 0.15) is 76.2 Å². The fraction of sp³-hybridized carbons (Fsp3) is 0.256. The summed E-state index contributed by atoms with van der Waals surface area (Å²) in [6.45, 7) is 6.02. The van der Waals surface area contributed by atoms with Crippen LogP contribution in [0.5, 0.6) is 5.75 Å². The number of anilines is 1. The number of para-hydroxylation sites is 1. The summed E-state index contributed by atoms with van der Waals surface area (Å²) in [6.07, 6.45) is 5.78. The van der Waals surface area contributed by atoms with Crippen LogP contribution >= 0.6 is 0 Å². The van der Waals surface area contributed by atoms with Gasteiger partial charge in [-0.05, 0) is 78.9 Å². The minimum atomic E-state index is -1.35. The van der Waals surface area contributed by atoms with E-state index in [1.54, 1.807) is 24.3 Å². The first-order chi connectivity index (χ1) is 21.8. The van der Waals surface area contributed by atoms with Crippen molar-refractivity contribution < 1.29 is 19.1 Å². The van der Waals surface area contributed by atoms with E-state index in [1.807, 2.05) is 104 Å². The van der Waals surface area contributed by atoms with E-state index in [2.05, 4.69) is 12.2 Å². The number of hydrogen-bond donors (Lipinski definition) is 1. The highest BCUT2D eigenvalue weighted by molar-refractivity contribution is 6.16. The van der Waals surface area contributed by atoms with Crippen molar-refractivity contribution in [1.82, 2.24) is 4.90 Å². The number of aryl methyl sites for hydroxylation is 1. The van der Waals surface area contributed by atoms with Crippen LogP contribution in [0.2, 0.25) is 0 Å². The monoisotopic (exact) mass is 596 g/mol. The third-order valence-corrected chi connectivity index (χ3v) is 9.41. The van der Waals surface area contributed by atoms with Crippen molar-refractivity contribution in [3.63, 3.8) is 0 Å². The number of hydrogen-bond acceptors (Lipinski definition) is 5. The summed E-state index contributed by atoms with van der Waals surface area (Å²) in [6, 6.07) is 28.8. The van der Waals surface area contributed by atoms with E-state index < -0.39 is 23.4 Å². The Balaban J connectivity index is 1.45. The number of carbonyl (C=O) groups is 3. The summed E-state index contributed by atoms with van der Waals surface area (Å²) in [5.41, 5.74) is 4.05. The minimum Gasteiger partial charge on any atom is -0.491 e. The Morgan fingerprint density at radius 3 is 2.27 bits per heavy atom. The van der Waals surface area contributed by atoms with E-state index in [0.717, 1.165) is 35.1 Å². The Labute approximate surface area is 263 Å². The number of ether oxygens (including phenoxy) is 1. The lowest BCUT2D eigenvalue weighted by atomic mass is 9.62. The van der Waals surface area contributed by atoms with E-state index in [4.69, 9.17) is 4.74 Å². The predicted molar refractivity (Wildman–Crippen MR) is 175 cm³/mol. The Hall–Kier alpha value is -4.97. The summed E-state index contributed by atoms with van der Waals surface area (Å²) in [4.78, 5) is 46.4. The van der Waals surface area contributed by atoms with Gasteiger partial charge >= 0.3 is 0 Å². The largest absolute Gasteiger partial charge is 0.491 e. The molecular formula is C39H36N2O4. The molecule has 6 heteroatoms. The van der Waals surface area contributed by atoms with Crippen LogP contribution < -0.4 is 10.1 Å². The molecule has 1 amide bonds. The van der Waals surface area contributed by atoms with Crippen LogP contribution in [0.4, 0.5) is 5.69 Å². The molecule has 1 N–H and O–H groups in total. The zero-order valence-corrected chi connectivity index (χ0v) is 25.7. The number of benzene rings is 4. The second kappa shape index (κ2) is 11.2.